The van der Waals surface area contributed by atoms with Crippen LogP contribution in [0.1, 0.15) is 39.8 Å². The normalized spacial score (nSPS) is 12.8. The van der Waals surface area contributed by atoms with E-state index < -0.39 is 0 Å². The van der Waals surface area contributed by atoms with Gasteiger partial charge in [-0.3, -0.25) is 4.79 Å². The number of nitrogens with one attached hydrogen (secondary N) is 1. The predicted octanol–water partition coefficient (Wildman–Crippen LogP) is 3.91. The van der Waals surface area contributed by atoms with Crippen molar-refractivity contribution in [3.63, 3.8) is 0 Å². The van der Waals surface area contributed by atoms with Crippen molar-refractivity contribution >= 4 is 33.3 Å². The van der Waals surface area contributed by atoms with Gasteiger partial charge in [0, 0.05) is 24.2 Å². The minimum Gasteiger partial charge on any atom is -0.383 e. The van der Waals surface area contributed by atoms with Crippen molar-refractivity contribution in [2.75, 3.05) is 13.7 Å². The molecule has 0 amide bonds. The highest BCUT2D eigenvalue weighted by atomic mass is 32.2. The molecular weight excluding hydrogens is 368 g/mol. The van der Waals surface area contributed by atoms with Gasteiger partial charge in [0.15, 0.2) is 5.16 Å². The molecule has 0 fully saturated rings. The van der Waals surface area contributed by atoms with E-state index in [1.807, 2.05) is 27.7 Å². The van der Waals surface area contributed by atoms with Crippen LogP contribution < -0.4 is 5.56 Å². The number of thioether (sulfide) groups is 1. The molecule has 3 aromatic heterocycles. The lowest BCUT2D eigenvalue weighted by molar-refractivity contribution is 0.184. The van der Waals surface area contributed by atoms with Crippen LogP contribution in [0.4, 0.5) is 0 Å². The molecule has 0 aliphatic rings. The molecule has 0 bridgehead atoms. The van der Waals surface area contributed by atoms with Crippen LogP contribution in [0.25, 0.3) is 10.2 Å². The highest BCUT2D eigenvalue weighted by molar-refractivity contribution is 7.99. The third kappa shape index (κ3) is 3.45. The average Bonchev–Trinajstić information content (AvgIpc) is 3.02. The van der Waals surface area contributed by atoms with Crippen LogP contribution in [-0.4, -0.2) is 33.2 Å². The Morgan fingerprint density at radius 1 is 1.27 bits per heavy atom. The Labute approximate surface area is 161 Å². The number of hydrogen-bond acceptors (Lipinski definition) is 6. The van der Waals surface area contributed by atoms with E-state index in [0.717, 1.165) is 38.4 Å². The molecule has 6 nitrogen and oxygen atoms in total. The zero-order valence-electron chi connectivity index (χ0n) is 16.0. The fourth-order valence-electron chi connectivity index (χ4n) is 2.84. The molecule has 0 aliphatic heterocycles. The minimum atomic E-state index is -0.0608. The summed E-state index contributed by atoms with van der Waals surface area (Å²) < 4.78 is 7.38. The van der Waals surface area contributed by atoms with Crippen LogP contribution in [0.2, 0.25) is 0 Å². The fraction of sp³-hybridized carbons (Fsp3) is 0.500. The summed E-state index contributed by atoms with van der Waals surface area (Å²) in [7, 11) is 1.70. The third-order valence-corrected chi connectivity index (χ3v) is 6.87. The summed E-state index contributed by atoms with van der Waals surface area (Å²) >= 11 is 3.18. The van der Waals surface area contributed by atoms with Crippen molar-refractivity contribution in [1.29, 1.82) is 0 Å². The molecule has 1 N–H and O–H groups in total. The van der Waals surface area contributed by atoms with Gasteiger partial charge in [-0.25, -0.2) is 9.97 Å². The van der Waals surface area contributed by atoms with Gasteiger partial charge in [0.2, 0.25) is 0 Å². The topological polar surface area (TPSA) is 72.8 Å². The molecule has 3 rings (SSSR count). The number of ether oxygens (including phenoxy) is 1. The lowest BCUT2D eigenvalue weighted by Crippen LogP contribution is -2.13. The Morgan fingerprint density at radius 2 is 2.00 bits per heavy atom. The van der Waals surface area contributed by atoms with Gasteiger partial charge in [-0.2, -0.15) is 0 Å². The Morgan fingerprint density at radius 3 is 2.69 bits per heavy atom. The van der Waals surface area contributed by atoms with Gasteiger partial charge >= 0.3 is 0 Å². The summed E-state index contributed by atoms with van der Waals surface area (Å²) in [5.41, 5.74) is 3.11. The monoisotopic (exact) mass is 392 g/mol. The van der Waals surface area contributed by atoms with Crippen molar-refractivity contribution < 1.29 is 4.74 Å². The van der Waals surface area contributed by atoms with E-state index >= 15 is 0 Å². The first-order valence-electron chi connectivity index (χ1n) is 8.52. The molecule has 8 heteroatoms. The predicted molar refractivity (Wildman–Crippen MR) is 108 cm³/mol. The molecule has 0 aliphatic carbocycles. The van der Waals surface area contributed by atoms with Crippen molar-refractivity contribution in [3.8, 4) is 0 Å². The highest BCUT2D eigenvalue weighted by Crippen LogP contribution is 2.34. The van der Waals surface area contributed by atoms with Gasteiger partial charge in [-0.1, -0.05) is 11.8 Å². The lowest BCUT2D eigenvalue weighted by atomic mass is 10.2. The second-order valence-electron chi connectivity index (χ2n) is 6.38. The number of aromatic nitrogens is 4. The number of thiophene rings is 1. The van der Waals surface area contributed by atoms with Gasteiger partial charge in [0.25, 0.3) is 5.56 Å². The molecule has 3 aromatic rings. The van der Waals surface area contributed by atoms with E-state index in [4.69, 9.17) is 9.72 Å². The van der Waals surface area contributed by atoms with Gasteiger partial charge in [0.05, 0.1) is 22.9 Å². The van der Waals surface area contributed by atoms with Crippen LogP contribution in [0, 0.1) is 27.7 Å². The van der Waals surface area contributed by atoms with E-state index in [1.165, 1.54) is 0 Å². The second-order valence-corrected chi connectivity index (χ2v) is 8.90. The summed E-state index contributed by atoms with van der Waals surface area (Å²) in [6.07, 6.45) is 0. The summed E-state index contributed by atoms with van der Waals surface area (Å²) in [6.45, 7) is 11.5. The summed E-state index contributed by atoms with van der Waals surface area (Å²) in [4.78, 5) is 26.8. The molecule has 26 heavy (non-hydrogen) atoms. The quantitative estimate of drug-likeness (QED) is 0.644. The van der Waals surface area contributed by atoms with Crippen molar-refractivity contribution in [2.45, 2.75) is 51.6 Å². The highest BCUT2D eigenvalue weighted by Gasteiger charge is 2.19. The van der Waals surface area contributed by atoms with Gasteiger partial charge < -0.3 is 14.3 Å². The maximum Gasteiger partial charge on any atom is 0.259 e. The molecule has 0 aromatic carbocycles. The largest absolute Gasteiger partial charge is 0.383 e. The minimum absolute atomic E-state index is 0.0164. The first-order chi connectivity index (χ1) is 12.3. The standard InChI is InChI=1S/C18H24N4O2S2/c1-9-12(4)25-17-14(9)16(23)20-15(21-17)13(5)26-18-19-10(2)11(3)22(18)7-8-24-6/h13H,7-8H2,1-6H3,(H,20,21,23)/t13-/m0/s1. The smallest absolute Gasteiger partial charge is 0.259 e. The molecule has 0 saturated carbocycles. The molecule has 1 atom stereocenters. The Bertz CT molecular complexity index is 1000. The number of aryl methyl sites for hydroxylation is 3. The molecule has 140 valence electrons. The van der Waals surface area contributed by atoms with Crippen molar-refractivity contribution in [2.24, 2.45) is 0 Å². The molecule has 0 unspecified atom stereocenters. The molecule has 0 spiro atoms. The summed E-state index contributed by atoms with van der Waals surface area (Å²) in [5.74, 6) is 0.686. The van der Waals surface area contributed by atoms with Crippen molar-refractivity contribution in [1.82, 2.24) is 19.5 Å². The summed E-state index contributed by atoms with van der Waals surface area (Å²) in [6, 6.07) is 0. The third-order valence-electron chi connectivity index (χ3n) is 4.67. The number of hydrogen-bond donors (Lipinski definition) is 1. The molecule has 0 radical (unpaired) electrons. The van der Waals surface area contributed by atoms with E-state index in [1.54, 1.807) is 30.2 Å². The lowest BCUT2D eigenvalue weighted by Gasteiger charge is -2.13. The Hall–Kier alpha value is -1.64. The van der Waals surface area contributed by atoms with Crippen LogP contribution in [0.15, 0.2) is 9.95 Å². The first-order valence-corrected chi connectivity index (χ1v) is 10.2. The number of methoxy groups -OCH3 is 1. The number of nitrogens with zero attached hydrogens (tertiary/aromatic N) is 3. The van der Waals surface area contributed by atoms with Crippen LogP contribution >= 0.6 is 23.1 Å². The number of fused-ring (bicyclic) bond motifs is 1. The van der Waals surface area contributed by atoms with Gasteiger partial charge in [-0.05, 0) is 40.2 Å². The fourth-order valence-corrected chi connectivity index (χ4v) is 4.96. The first kappa shape index (κ1) is 19.1. The maximum atomic E-state index is 12.5. The SMILES string of the molecule is COCCn1c(S[C@@H](C)c2nc3sc(C)c(C)c3c(=O)[nH]2)nc(C)c1C. The Kier molecular flexibility index (Phi) is 5.55. The van der Waals surface area contributed by atoms with E-state index in [0.29, 0.717) is 17.8 Å². The average molecular weight is 393 g/mol. The van der Waals surface area contributed by atoms with Crippen molar-refractivity contribution in [3.05, 3.63) is 38.0 Å². The number of H-pyrrole nitrogens is 1. The second kappa shape index (κ2) is 7.54. The molecule has 3 heterocycles. The Balaban J connectivity index is 1.94. The zero-order valence-corrected chi connectivity index (χ0v) is 17.6. The molecule has 0 saturated heterocycles. The zero-order chi connectivity index (χ0) is 19.0. The van der Waals surface area contributed by atoms with Crippen LogP contribution in [0.5, 0.6) is 0 Å². The van der Waals surface area contributed by atoms with Crippen LogP contribution in [-0.2, 0) is 11.3 Å². The number of rotatable bonds is 6. The van der Waals surface area contributed by atoms with E-state index in [9.17, 15) is 4.79 Å². The number of imidazole rings is 1. The van der Waals surface area contributed by atoms with E-state index in [-0.39, 0.29) is 10.8 Å². The maximum absolute atomic E-state index is 12.5. The van der Waals surface area contributed by atoms with E-state index in [2.05, 4.69) is 21.5 Å². The molecular formula is C18H24N4O2S2. The van der Waals surface area contributed by atoms with Crippen LogP contribution in [0.3, 0.4) is 0 Å². The van der Waals surface area contributed by atoms with Gasteiger partial charge in [-0.15, -0.1) is 11.3 Å². The summed E-state index contributed by atoms with van der Waals surface area (Å²) in [5, 5.41) is 1.62. The number of aromatic amines is 1. The van der Waals surface area contributed by atoms with Gasteiger partial charge in [0.1, 0.15) is 10.7 Å².